The van der Waals surface area contributed by atoms with Gasteiger partial charge in [-0.15, -0.1) is 0 Å². The van der Waals surface area contributed by atoms with E-state index in [0.29, 0.717) is 12.5 Å². The van der Waals surface area contributed by atoms with E-state index in [9.17, 15) is 4.79 Å². The zero-order chi connectivity index (χ0) is 15.0. The Morgan fingerprint density at radius 1 is 1.15 bits per heavy atom. The monoisotopic (exact) mass is 276 g/mol. The smallest absolute Gasteiger partial charge is 0.350 e. The Bertz CT molecular complexity index is 576. The molecule has 1 heterocycles. The van der Waals surface area contributed by atoms with Crippen LogP contribution in [0, 0.1) is 0 Å². The molecule has 0 aliphatic heterocycles. The van der Waals surface area contributed by atoms with Gasteiger partial charge in [0.1, 0.15) is 6.61 Å². The lowest BCUT2D eigenvalue weighted by Gasteiger charge is -2.06. The number of aryl methyl sites for hydroxylation is 1. The Morgan fingerprint density at radius 3 is 2.30 bits per heavy atom. The third-order valence-corrected chi connectivity index (χ3v) is 2.54. The molecule has 0 fully saturated rings. The van der Waals surface area contributed by atoms with E-state index in [4.69, 9.17) is 9.84 Å². The number of rotatable bonds is 4. The van der Waals surface area contributed by atoms with Crippen LogP contribution in [0.3, 0.4) is 0 Å². The van der Waals surface area contributed by atoms with Crippen molar-refractivity contribution >= 4 is 0 Å². The standard InChI is InChI=1S/C13H14N2O3.C2H6/c1-15-7-6-12(14-13(15)17)18-9-11-4-2-10(8-16)3-5-11;1-2/h2-7,16H,8-9H2,1H3;1-2H3. The highest BCUT2D eigenvalue weighted by Crippen LogP contribution is 2.08. The Labute approximate surface area is 118 Å². The number of aromatic nitrogens is 2. The topological polar surface area (TPSA) is 64.3 Å². The van der Waals surface area contributed by atoms with E-state index in [1.54, 1.807) is 19.3 Å². The molecule has 0 aliphatic carbocycles. The molecule has 1 aromatic heterocycles. The zero-order valence-electron chi connectivity index (χ0n) is 12.0. The maximum absolute atomic E-state index is 11.3. The second-order valence-electron chi connectivity index (χ2n) is 3.92. The van der Waals surface area contributed by atoms with E-state index in [1.807, 2.05) is 38.1 Å². The molecule has 0 amide bonds. The molecule has 0 bridgehead atoms. The van der Waals surface area contributed by atoms with Gasteiger partial charge in [0, 0.05) is 19.3 Å². The van der Waals surface area contributed by atoms with E-state index < -0.39 is 0 Å². The van der Waals surface area contributed by atoms with Gasteiger partial charge in [0.2, 0.25) is 5.88 Å². The molecule has 5 nitrogen and oxygen atoms in total. The minimum atomic E-state index is -0.344. The molecule has 5 heteroatoms. The summed E-state index contributed by atoms with van der Waals surface area (Å²) in [5, 5.41) is 8.91. The first kappa shape index (κ1) is 15.9. The van der Waals surface area contributed by atoms with Gasteiger partial charge in [-0.05, 0) is 11.1 Å². The van der Waals surface area contributed by atoms with Crippen LogP contribution in [-0.4, -0.2) is 14.7 Å². The Balaban J connectivity index is 0.000000956. The van der Waals surface area contributed by atoms with Gasteiger partial charge in [-0.25, -0.2) is 4.79 Å². The molecule has 0 aliphatic rings. The summed E-state index contributed by atoms with van der Waals surface area (Å²) in [7, 11) is 1.63. The van der Waals surface area contributed by atoms with E-state index in [0.717, 1.165) is 11.1 Å². The number of aliphatic hydroxyl groups is 1. The highest BCUT2D eigenvalue weighted by atomic mass is 16.5. The molecule has 1 aromatic carbocycles. The van der Waals surface area contributed by atoms with Crippen LogP contribution in [0.4, 0.5) is 0 Å². The fourth-order valence-electron chi connectivity index (χ4n) is 1.43. The minimum Gasteiger partial charge on any atom is -0.473 e. The van der Waals surface area contributed by atoms with Gasteiger partial charge in [0.05, 0.1) is 6.61 Å². The van der Waals surface area contributed by atoms with Crippen molar-refractivity contribution in [1.29, 1.82) is 0 Å². The van der Waals surface area contributed by atoms with Crippen molar-refractivity contribution in [2.24, 2.45) is 7.05 Å². The quantitative estimate of drug-likeness (QED) is 0.926. The van der Waals surface area contributed by atoms with Gasteiger partial charge in [-0.3, -0.25) is 0 Å². The van der Waals surface area contributed by atoms with Crippen molar-refractivity contribution < 1.29 is 9.84 Å². The molecule has 2 rings (SSSR count). The van der Waals surface area contributed by atoms with Gasteiger partial charge in [-0.1, -0.05) is 38.1 Å². The lowest BCUT2D eigenvalue weighted by molar-refractivity contribution is 0.280. The highest BCUT2D eigenvalue weighted by Gasteiger charge is 1.99. The summed E-state index contributed by atoms with van der Waals surface area (Å²) < 4.78 is 6.79. The van der Waals surface area contributed by atoms with Crippen molar-refractivity contribution in [3.8, 4) is 5.88 Å². The number of nitrogens with zero attached hydrogens (tertiary/aromatic N) is 2. The molecule has 0 atom stereocenters. The number of hydrogen-bond acceptors (Lipinski definition) is 4. The molecule has 0 saturated carbocycles. The minimum absolute atomic E-state index is 0.0252. The number of hydrogen-bond donors (Lipinski definition) is 1. The highest BCUT2D eigenvalue weighted by molar-refractivity contribution is 5.22. The van der Waals surface area contributed by atoms with E-state index in [1.165, 1.54) is 4.57 Å². The first-order chi connectivity index (χ1) is 9.69. The second kappa shape index (κ2) is 8.12. The van der Waals surface area contributed by atoms with Crippen molar-refractivity contribution in [1.82, 2.24) is 9.55 Å². The second-order valence-corrected chi connectivity index (χ2v) is 3.92. The molecular formula is C15H20N2O3. The SMILES string of the molecule is CC.Cn1ccc(OCc2ccc(CO)cc2)nc1=O. The van der Waals surface area contributed by atoms with E-state index in [-0.39, 0.29) is 12.3 Å². The molecule has 0 spiro atoms. The average Bonchev–Trinajstić information content (AvgIpc) is 2.51. The summed E-state index contributed by atoms with van der Waals surface area (Å²) in [6.07, 6.45) is 1.61. The fourth-order valence-corrected chi connectivity index (χ4v) is 1.43. The fraction of sp³-hybridized carbons (Fsp3) is 0.333. The zero-order valence-corrected chi connectivity index (χ0v) is 12.0. The number of ether oxygens (including phenoxy) is 1. The average molecular weight is 276 g/mol. The van der Waals surface area contributed by atoms with Crippen LogP contribution in [0.15, 0.2) is 41.3 Å². The maximum atomic E-state index is 11.3. The van der Waals surface area contributed by atoms with Crippen molar-refractivity contribution in [3.63, 3.8) is 0 Å². The van der Waals surface area contributed by atoms with Crippen molar-refractivity contribution in [2.75, 3.05) is 0 Å². The van der Waals surface area contributed by atoms with E-state index >= 15 is 0 Å². The molecule has 2 aromatic rings. The van der Waals surface area contributed by atoms with Gasteiger partial charge in [0.15, 0.2) is 0 Å². The van der Waals surface area contributed by atoms with Crippen LogP contribution in [0.2, 0.25) is 0 Å². The van der Waals surface area contributed by atoms with Crippen LogP contribution >= 0.6 is 0 Å². The molecule has 1 N–H and O–H groups in total. The third-order valence-electron chi connectivity index (χ3n) is 2.54. The van der Waals surface area contributed by atoms with Gasteiger partial charge >= 0.3 is 5.69 Å². The van der Waals surface area contributed by atoms with Crippen LogP contribution in [0.25, 0.3) is 0 Å². The summed E-state index contributed by atoms with van der Waals surface area (Å²) >= 11 is 0. The summed E-state index contributed by atoms with van der Waals surface area (Å²) in [6.45, 7) is 4.36. The molecule has 108 valence electrons. The Morgan fingerprint density at radius 2 is 1.75 bits per heavy atom. The van der Waals surface area contributed by atoms with Crippen LogP contribution in [0.1, 0.15) is 25.0 Å². The first-order valence-electron chi connectivity index (χ1n) is 6.54. The van der Waals surface area contributed by atoms with Crippen LogP contribution < -0.4 is 10.4 Å². The van der Waals surface area contributed by atoms with E-state index in [2.05, 4.69) is 4.98 Å². The first-order valence-corrected chi connectivity index (χ1v) is 6.54. The lowest BCUT2D eigenvalue weighted by atomic mass is 10.1. The normalized spacial score (nSPS) is 9.60. The molecule has 0 unspecified atom stereocenters. The summed E-state index contributed by atoms with van der Waals surface area (Å²) in [6, 6.07) is 9.04. The largest absolute Gasteiger partial charge is 0.473 e. The van der Waals surface area contributed by atoms with Crippen LogP contribution in [0.5, 0.6) is 5.88 Å². The Kier molecular flexibility index (Phi) is 6.46. The number of benzene rings is 1. The maximum Gasteiger partial charge on any atom is 0.350 e. The molecule has 20 heavy (non-hydrogen) atoms. The summed E-state index contributed by atoms with van der Waals surface area (Å²) in [5.41, 5.74) is 1.46. The molecular weight excluding hydrogens is 256 g/mol. The number of aliphatic hydroxyl groups excluding tert-OH is 1. The molecule has 0 saturated heterocycles. The van der Waals surface area contributed by atoms with Gasteiger partial charge in [0.25, 0.3) is 0 Å². The van der Waals surface area contributed by atoms with Crippen molar-refractivity contribution in [3.05, 3.63) is 58.1 Å². The molecule has 0 radical (unpaired) electrons. The lowest BCUT2D eigenvalue weighted by Crippen LogP contribution is -2.19. The predicted octanol–water partition coefficient (Wildman–Crippen LogP) is 1.88. The van der Waals surface area contributed by atoms with Gasteiger partial charge < -0.3 is 14.4 Å². The predicted molar refractivity (Wildman–Crippen MR) is 77.5 cm³/mol. The Hall–Kier alpha value is -2.14. The van der Waals surface area contributed by atoms with Crippen molar-refractivity contribution in [2.45, 2.75) is 27.1 Å². The summed E-state index contributed by atoms with van der Waals surface area (Å²) in [5.74, 6) is 0.310. The summed E-state index contributed by atoms with van der Waals surface area (Å²) in [4.78, 5) is 15.0. The van der Waals surface area contributed by atoms with Crippen LogP contribution in [-0.2, 0) is 20.3 Å². The third kappa shape index (κ3) is 4.51. The van der Waals surface area contributed by atoms with Gasteiger partial charge in [-0.2, -0.15) is 4.98 Å².